The van der Waals surface area contributed by atoms with Gasteiger partial charge in [0.15, 0.2) is 5.17 Å². The molecule has 1 aromatic carbocycles. The first-order chi connectivity index (χ1) is 12.2. The van der Waals surface area contributed by atoms with Gasteiger partial charge in [-0.05, 0) is 24.4 Å². The van der Waals surface area contributed by atoms with Crippen molar-refractivity contribution < 1.29 is 4.79 Å². The Morgan fingerprint density at radius 2 is 1.96 bits per heavy atom. The number of aliphatic imine (C=N–C) groups is 1. The summed E-state index contributed by atoms with van der Waals surface area (Å²) in [6.45, 7) is 4.70. The van der Waals surface area contributed by atoms with Crippen LogP contribution in [0.3, 0.4) is 0 Å². The van der Waals surface area contributed by atoms with Crippen LogP contribution in [-0.2, 0) is 4.79 Å². The second kappa shape index (κ2) is 7.29. The Labute approximate surface area is 152 Å². The highest BCUT2D eigenvalue weighted by molar-refractivity contribution is 8.18. The normalized spacial score (nSPS) is 29.5. The number of likely N-dealkylation sites (N-methyl/N-ethyl adjacent to an activating group) is 1. The van der Waals surface area contributed by atoms with E-state index in [1.165, 1.54) is 17.3 Å². The number of nitrogens with zero attached hydrogens (tertiary/aromatic N) is 3. The molecule has 2 atom stereocenters. The molecule has 1 amide bonds. The van der Waals surface area contributed by atoms with Crippen molar-refractivity contribution in [3.05, 3.63) is 46.9 Å². The van der Waals surface area contributed by atoms with E-state index in [-0.39, 0.29) is 17.9 Å². The van der Waals surface area contributed by atoms with Crippen molar-refractivity contribution in [3.8, 4) is 0 Å². The highest BCUT2D eigenvalue weighted by Gasteiger charge is 2.32. The first kappa shape index (κ1) is 16.8. The van der Waals surface area contributed by atoms with Gasteiger partial charge in [-0.2, -0.15) is 4.99 Å². The number of carbonyl (C=O) groups is 1. The van der Waals surface area contributed by atoms with Crippen molar-refractivity contribution in [2.75, 3.05) is 39.8 Å². The number of hydrogen-bond donors (Lipinski definition) is 2. The maximum absolute atomic E-state index is 12.4. The molecule has 3 aliphatic rings. The number of amides is 1. The molecule has 0 bridgehead atoms. The lowest BCUT2D eigenvalue weighted by Crippen LogP contribution is -2.46. The number of piperazine rings is 1. The molecule has 0 aliphatic carbocycles. The number of thioether (sulfide) groups is 1. The summed E-state index contributed by atoms with van der Waals surface area (Å²) in [7, 11) is 2.13. The topological polar surface area (TPSA) is 60.0 Å². The van der Waals surface area contributed by atoms with Crippen LogP contribution in [0.5, 0.6) is 0 Å². The number of benzene rings is 1. The third kappa shape index (κ3) is 3.64. The first-order valence-corrected chi connectivity index (χ1v) is 9.52. The molecule has 4 rings (SSSR count). The summed E-state index contributed by atoms with van der Waals surface area (Å²) < 4.78 is 0. The van der Waals surface area contributed by atoms with Crippen LogP contribution in [0.2, 0.25) is 0 Å². The molecule has 2 N–H and O–H groups in total. The summed E-state index contributed by atoms with van der Waals surface area (Å²) >= 11 is 1.52. The Bertz CT molecular complexity index is 697. The van der Waals surface area contributed by atoms with E-state index in [4.69, 9.17) is 0 Å². The number of carbonyl (C=O) groups excluding carboxylic acids is 1. The lowest BCUT2D eigenvalue weighted by atomic mass is 9.94. The molecule has 0 spiro atoms. The zero-order chi connectivity index (χ0) is 17.2. The predicted molar refractivity (Wildman–Crippen MR) is 101 cm³/mol. The van der Waals surface area contributed by atoms with E-state index in [2.05, 4.69) is 50.9 Å². The second-order valence-corrected chi connectivity index (χ2v) is 7.71. The van der Waals surface area contributed by atoms with Gasteiger partial charge in [-0.3, -0.25) is 10.2 Å². The Morgan fingerprint density at radius 1 is 1.20 bits per heavy atom. The molecular weight excluding hydrogens is 334 g/mol. The standard InChI is InChI=1S/C18H23N5OS/c1-22-7-9-23(10-8-22)18-20-17(24)15(25-18)11-14-12-19-21-16(14)13-5-3-2-4-6-13/h2-6,11,14,16,19,21H,7-10,12H2,1H3/b15-11-. The quantitative estimate of drug-likeness (QED) is 0.776. The summed E-state index contributed by atoms with van der Waals surface area (Å²) in [5, 5.41) is 0.861. The summed E-state index contributed by atoms with van der Waals surface area (Å²) in [5.74, 6) is 0.133. The molecule has 3 heterocycles. The summed E-state index contributed by atoms with van der Waals surface area (Å²) in [4.78, 5) is 21.9. The van der Waals surface area contributed by atoms with Crippen LogP contribution in [0.25, 0.3) is 0 Å². The average molecular weight is 357 g/mol. The molecule has 0 radical (unpaired) electrons. The summed E-state index contributed by atoms with van der Waals surface area (Å²) in [6, 6.07) is 10.5. The van der Waals surface area contributed by atoms with Gasteiger partial charge < -0.3 is 9.80 Å². The maximum atomic E-state index is 12.4. The number of rotatable bonds is 2. The lowest BCUT2D eigenvalue weighted by Gasteiger charge is -2.33. The van der Waals surface area contributed by atoms with E-state index in [0.717, 1.165) is 42.8 Å². The average Bonchev–Trinajstić information content (AvgIpc) is 3.24. The fourth-order valence-electron chi connectivity index (χ4n) is 3.40. The predicted octanol–water partition coefficient (Wildman–Crippen LogP) is 1.21. The van der Waals surface area contributed by atoms with E-state index < -0.39 is 0 Å². The molecule has 0 saturated carbocycles. The van der Waals surface area contributed by atoms with Gasteiger partial charge in [-0.25, -0.2) is 5.43 Å². The molecule has 2 unspecified atom stereocenters. The number of hydrogen-bond acceptors (Lipinski definition) is 6. The number of nitrogens with one attached hydrogen (secondary N) is 2. The van der Waals surface area contributed by atoms with E-state index >= 15 is 0 Å². The highest BCUT2D eigenvalue weighted by atomic mass is 32.2. The molecule has 7 heteroatoms. The van der Waals surface area contributed by atoms with Gasteiger partial charge in [-0.15, -0.1) is 0 Å². The minimum absolute atomic E-state index is 0.0994. The minimum Gasteiger partial charge on any atom is -0.348 e. The minimum atomic E-state index is -0.0994. The van der Waals surface area contributed by atoms with E-state index in [0.29, 0.717) is 0 Å². The fourth-order valence-corrected chi connectivity index (χ4v) is 4.41. The monoisotopic (exact) mass is 357 g/mol. The van der Waals surface area contributed by atoms with Crippen LogP contribution in [0.1, 0.15) is 11.6 Å². The van der Waals surface area contributed by atoms with E-state index in [9.17, 15) is 4.79 Å². The zero-order valence-corrected chi connectivity index (χ0v) is 15.1. The molecule has 6 nitrogen and oxygen atoms in total. The zero-order valence-electron chi connectivity index (χ0n) is 14.3. The Morgan fingerprint density at radius 3 is 2.72 bits per heavy atom. The largest absolute Gasteiger partial charge is 0.348 e. The summed E-state index contributed by atoms with van der Waals surface area (Å²) in [6.07, 6.45) is 2.09. The Balaban J connectivity index is 1.46. The molecular formula is C18H23N5OS. The maximum Gasteiger partial charge on any atom is 0.285 e. The molecule has 0 aromatic heterocycles. The first-order valence-electron chi connectivity index (χ1n) is 8.70. The Hall–Kier alpha value is -1.67. The van der Waals surface area contributed by atoms with Gasteiger partial charge in [0.2, 0.25) is 0 Å². The van der Waals surface area contributed by atoms with Crippen molar-refractivity contribution in [2.24, 2.45) is 10.9 Å². The van der Waals surface area contributed by atoms with Crippen LogP contribution in [0.15, 0.2) is 46.3 Å². The molecule has 3 aliphatic heterocycles. The molecule has 2 saturated heterocycles. The van der Waals surface area contributed by atoms with Crippen molar-refractivity contribution in [1.29, 1.82) is 0 Å². The molecule has 2 fully saturated rings. The molecule has 1 aromatic rings. The van der Waals surface area contributed by atoms with Crippen molar-refractivity contribution in [3.63, 3.8) is 0 Å². The van der Waals surface area contributed by atoms with E-state index in [1.54, 1.807) is 0 Å². The van der Waals surface area contributed by atoms with Gasteiger partial charge in [0.05, 0.1) is 10.9 Å². The van der Waals surface area contributed by atoms with Gasteiger partial charge in [-0.1, -0.05) is 36.4 Å². The van der Waals surface area contributed by atoms with Gasteiger partial charge in [0.25, 0.3) is 5.91 Å². The third-order valence-electron chi connectivity index (χ3n) is 4.93. The van der Waals surface area contributed by atoms with Crippen LogP contribution >= 0.6 is 11.8 Å². The Kier molecular flexibility index (Phi) is 4.89. The van der Waals surface area contributed by atoms with E-state index in [1.807, 2.05) is 18.2 Å². The van der Waals surface area contributed by atoms with Gasteiger partial charge in [0, 0.05) is 38.6 Å². The van der Waals surface area contributed by atoms with Crippen LogP contribution < -0.4 is 10.9 Å². The van der Waals surface area contributed by atoms with Crippen molar-refractivity contribution in [1.82, 2.24) is 20.7 Å². The van der Waals surface area contributed by atoms with Crippen LogP contribution in [0, 0.1) is 5.92 Å². The molecule has 132 valence electrons. The highest BCUT2D eigenvalue weighted by Crippen LogP contribution is 2.33. The SMILES string of the molecule is CN1CCN(C2=NC(=O)/C(=C/C3CNNC3c3ccccc3)S2)CC1. The second-order valence-electron chi connectivity index (χ2n) is 6.70. The van der Waals surface area contributed by atoms with Crippen LogP contribution in [-0.4, -0.2) is 60.6 Å². The molecule has 25 heavy (non-hydrogen) atoms. The fraction of sp³-hybridized carbons (Fsp3) is 0.444. The number of amidine groups is 1. The lowest BCUT2D eigenvalue weighted by molar-refractivity contribution is -0.113. The van der Waals surface area contributed by atoms with Crippen molar-refractivity contribution in [2.45, 2.75) is 6.04 Å². The van der Waals surface area contributed by atoms with Crippen LogP contribution in [0.4, 0.5) is 0 Å². The number of hydrazine groups is 1. The smallest absolute Gasteiger partial charge is 0.285 e. The third-order valence-corrected chi connectivity index (χ3v) is 5.99. The van der Waals surface area contributed by atoms with Gasteiger partial charge in [0.1, 0.15) is 0 Å². The summed E-state index contributed by atoms with van der Waals surface area (Å²) in [5.41, 5.74) is 7.77. The van der Waals surface area contributed by atoms with Gasteiger partial charge >= 0.3 is 0 Å². The van der Waals surface area contributed by atoms with Crippen molar-refractivity contribution >= 4 is 22.8 Å².